The number of thioether (sulfide) groups is 1. The standard InChI is InChI=1S/C20H20N4O4S/c1-12-5-6-17-21-14(10-24(17)9-12)11-29-20-23-22-19(28-20)13-7-15(25-2)18(27-4)16(8-13)26-3/h5-10H,11H2,1-4H3. The number of hydrogen-bond acceptors (Lipinski definition) is 8. The first-order chi connectivity index (χ1) is 14.1. The van der Waals surface area contributed by atoms with E-state index in [4.69, 9.17) is 18.6 Å². The van der Waals surface area contributed by atoms with Crippen LogP contribution in [0.3, 0.4) is 0 Å². The highest BCUT2D eigenvalue weighted by molar-refractivity contribution is 7.98. The Kier molecular flexibility index (Phi) is 5.30. The van der Waals surface area contributed by atoms with E-state index in [-0.39, 0.29) is 0 Å². The van der Waals surface area contributed by atoms with Crippen molar-refractivity contribution in [2.24, 2.45) is 0 Å². The van der Waals surface area contributed by atoms with Gasteiger partial charge in [-0.15, -0.1) is 10.2 Å². The number of methoxy groups -OCH3 is 3. The van der Waals surface area contributed by atoms with E-state index in [2.05, 4.69) is 22.1 Å². The summed E-state index contributed by atoms with van der Waals surface area (Å²) < 4.78 is 23.9. The lowest BCUT2D eigenvalue weighted by Crippen LogP contribution is -1.95. The Morgan fingerprint density at radius 3 is 2.45 bits per heavy atom. The van der Waals surface area contributed by atoms with Crippen LogP contribution in [0.25, 0.3) is 17.1 Å². The van der Waals surface area contributed by atoms with Crippen molar-refractivity contribution in [2.75, 3.05) is 21.3 Å². The van der Waals surface area contributed by atoms with Crippen molar-refractivity contribution in [3.05, 3.63) is 47.9 Å². The molecule has 8 nitrogen and oxygen atoms in total. The van der Waals surface area contributed by atoms with E-state index in [1.165, 1.54) is 17.3 Å². The van der Waals surface area contributed by atoms with Gasteiger partial charge >= 0.3 is 0 Å². The lowest BCUT2D eigenvalue weighted by atomic mass is 10.2. The first kappa shape index (κ1) is 19.1. The first-order valence-electron chi connectivity index (χ1n) is 8.82. The Hall–Kier alpha value is -3.20. The summed E-state index contributed by atoms with van der Waals surface area (Å²) in [4.78, 5) is 4.60. The molecule has 0 radical (unpaired) electrons. The molecule has 4 aromatic rings. The van der Waals surface area contributed by atoms with Gasteiger partial charge in [0, 0.05) is 23.7 Å². The second-order valence-electron chi connectivity index (χ2n) is 6.28. The summed E-state index contributed by atoms with van der Waals surface area (Å²) in [6.07, 6.45) is 4.05. The van der Waals surface area contributed by atoms with E-state index in [0.717, 1.165) is 11.3 Å². The number of rotatable bonds is 7. The lowest BCUT2D eigenvalue weighted by Gasteiger charge is -2.12. The Labute approximate surface area is 171 Å². The van der Waals surface area contributed by atoms with Gasteiger partial charge in [0.2, 0.25) is 11.6 Å². The summed E-state index contributed by atoms with van der Waals surface area (Å²) in [6.45, 7) is 2.05. The molecule has 0 aliphatic rings. The van der Waals surface area contributed by atoms with Crippen LogP contribution in [0.4, 0.5) is 0 Å². The van der Waals surface area contributed by atoms with Crippen molar-refractivity contribution < 1.29 is 18.6 Å². The molecule has 3 aromatic heterocycles. The van der Waals surface area contributed by atoms with Crippen LogP contribution in [-0.2, 0) is 5.75 Å². The molecule has 1 aromatic carbocycles. The maximum absolute atomic E-state index is 5.81. The second-order valence-corrected chi connectivity index (χ2v) is 7.21. The van der Waals surface area contributed by atoms with Gasteiger partial charge in [0.25, 0.3) is 5.22 Å². The minimum Gasteiger partial charge on any atom is -0.493 e. The molecular formula is C20H20N4O4S. The van der Waals surface area contributed by atoms with E-state index in [9.17, 15) is 0 Å². The van der Waals surface area contributed by atoms with Gasteiger partial charge in [-0.3, -0.25) is 0 Å². The van der Waals surface area contributed by atoms with Crippen molar-refractivity contribution in [3.63, 3.8) is 0 Å². The molecule has 0 amide bonds. The van der Waals surface area contributed by atoms with E-state index in [1.807, 2.05) is 28.9 Å². The summed E-state index contributed by atoms with van der Waals surface area (Å²) in [6, 6.07) is 7.58. The van der Waals surface area contributed by atoms with Crippen LogP contribution < -0.4 is 14.2 Å². The van der Waals surface area contributed by atoms with Gasteiger partial charge < -0.3 is 23.0 Å². The predicted octanol–water partition coefficient (Wildman–Crippen LogP) is 4.01. The van der Waals surface area contributed by atoms with E-state index in [1.54, 1.807) is 33.5 Å². The number of fused-ring (bicyclic) bond motifs is 1. The van der Waals surface area contributed by atoms with Gasteiger partial charge in [-0.05, 0) is 30.7 Å². The topological polar surface area (TPSA) is 83.9 Å². The lowest BCUT2D eigenvalue weighted by molar-refractivity contribution is 0.324. The number of nitrogens with zero attached hydrogens (tertiary/aromatic N) is 4. The number of imidazole rings is 1. The molecule has 0 aliphatic carbocycles. The van der Waals surface area contributed by atoms with Crippen molar-refractivity contribution in [3.8, 4) is 28.7 Å². The minimum atomic E-state index is 0.373. The van der Waals surface area contributed by atoms with Crippen LogP contribution in [0.15, 0.2) is 46.3 Å². The molecule has 0 unspecified atom stereocenters. The fourth-order valence-electron chi connectivity index (χ4n) is 2.95. The zero-order chi connectivity index (χ0) is 20.4. The van der Waals surface area contributed by atoms with E-state index >= 15 is 0 Å². The fourth-order valence-corrected chi connectivity index (χ4v) is 3.60. The molecule has 4 rings (SSSR count). The SMILES string of the molecule is COc1cc(-c2nnc(SCc3cn4cc(C)ccc4n3)o2)cc(OC)c1OC. The van der Waals surface area contributed by atoms with Gasteiger partial charge in [-0.25, -0.2) is 4.98 Å². The van der Waals surface area contributed by atoms with Crippen LogP contribution in [0, 0.1) is 6.92 Å². The third kappa shape index (κ3) is 3.86. The fraction of sp³-hybridized carbons (Fsp3) is 0.250. The number of benzene rings is 1. The third-order valence-electron chi connectivity index (χ3n) is 4.31. The molecule has 9 heteroatoms. The third-order valence-corrected chi connectivity index (χ3v) is 5.16. The molecule has 0 aliphatic heterocycles. The van der Waals surface area contributed by atoms with E-state index < -0.39 is 0 Å². The number of aryl methyl sites for hydroxylation is 1. The number of hydrogen-bond donors (Lipinski definition) is 0. The maximum Gasteiger partial charge on any atom is 0.277 e. The van der Waals surface area contributed by atoms with E-state index in [0.29, 0.717) is 39.7 Å². The zero-order valence-corrected chi connectivity index (χ0v) is 17.3. The van der Waals surface area contributed by atoms with Gasteiger partial charge in [0.05, 0.1) is 27.0 Å². The Morgan fingerprint density at radius 2 is 1.76 bits per heavy atom. The summed E-state index contributed by atoms with van der Waals surface area (Å²) >= 11 is 1.43. The highest BCUT2D eigenvalue weighted by Crippen LogP contribution is 2.41. The van der Waals surface area contributed by atoms with Gasteiger partial charge in [-0.1, -0.05) is 17.8 Å². The molecule has 0 saturated heterocycles. The first-order valence-corrected chi connectivity index (χ1v) is 9.80. The van der Waals surface area contributed by atoms with Gasteiger partial charge in [0.1, 0.15) is 5.65 Å². The maximum atomic E-state index is 5.81. The highest BCUT2D eigenvalue weighted by Gasteiger charge is 2.18. The Balaban J connectivity index is 1.53. The summed E-state index contributed by atoms with van der Waals surface area (Å²) in [5, 5.41) is 8.73. The largest absolute Gasteiger partial charge is 0.493 e. The van der Waals surface area contributed by atoms with Crippen LogP contribution in [0.2, 0.25) is 0 Å². The zero-order valence-electron chi connectivity index (χ0n) is 16.5. The van der Waals surface area contributed by atoms with Crippen LogP contribution >= 0.6 is 11.8 Å². The van der Waals surface area contributed by atoms with Crippen LogP contribution in [0.5, 0.6) is 17.2 Å². The molecule has 0 saturated carbocycles. The van der Waals surface area contributed by atoms with Crippen molar-refractivity contribution >= 4 is 17.4 Å². The van der Waals surface area contributed by atoms with Crippen LogP contribution in [0.1, 0.15) is 11.3 Å². The number of aromatic nitrogens is 4. The molecule has 0 N–H and O–H groups in total. The number of ether oxygens (including phenoxy) is 3. The average Bonchev–Trinajstić information content (AvgIpc) is 3.37. The Bertz CT molecular complexity index is 1130. The normalized spacial score (nSPS) is 11.0. The molecular weight excluding hydrogens is 392 g/mol. The van der Waals surface area contributed by atoms with Gasteiger partial charge in [0.15, 0.2) is 11.5 Å². The van der Waals surface area contributed by atoms with Crippen molar-refractivity contribution in [1.82, 2.24) is 19.6 Å². The monoisotopic (exact) mass is 412 g/mol. The van der Waals surface area contributed by atoms with Crippen molar-refractivity contribution in [2.45, 2.75) is 17.9 Å². The molecule has 0 spiro atoms. The second kappa shape index (κ2) is 8.04. The average molecular weight is 412 g/mol. The van der Waals surface area contributed by atoms with Crippen LogP contribution in [-0.4, -0.2) is 40.9 Å². The summed E-state index contributed by atoms with van der Waals surface area (Å²) in [7, 11) is 4.68. The molecule has 0 atom stereocenters. The molecule has 0 bridgehead atoms. The summed E-state index contributed by atoms with van der Waals surface area (Å²) in [5.74, 6) is 2.55. The van der Waals surface area contributed by atoms with Gasteiger partial charge in [-0.2, -0.15) is 0 Å². The quantitative estimate of drug-likeness (QED) is 0.421. The molecule has 0 fully saturated rings. The van der Waals surface area contributed by atoms with Crippen molar-refractivity contribution in [1.29, 1.82) is 0 Å². The minimum absolute atomic E-state index is 0.373. The smallest absolute Gasteiger partial charge is 0.277 e. The molecule has 29 heavy (non-hydrogen) atoms. The Morgan fingerprint density at radius 1 is 1.00 bits per heavy atom. The molecule has 3 heterocycles. The summed E-state index contributed by atoms with van der Waals surface area (Å²) in [5.41, 5.74) is 3.71. The number of pyridine rings is 1. The molecule has 150 valence electrons. The highest BCUT2D eigenvalue weighted by atomic mass is 32.2. The predicted molar refractivity (Wildman–Crippen MR) is 109 cm³/mol.